The van der Waals surface area contributed by atoms with Crippen molar-refractivity contribution >= 4 is 34.2 Å². The molecule has 0 saturated heterocycles. The van der Waals surface area contributed by atoms with Gasteiger partial charge in [0, 0.05) is 18.0 Å². The Kier molecular flexibility index (Phi) is 6.14. The van der Waals surface area contributed by atoms with E-state index in [4.69, 9.17) is 0 Å². The van der Waals surface area contributed by atoms with E-state index < -0.39 is 43.7 Å². The van der Waals surface area contributed by atoms with Crippen molar-refractivity contribution in [3.63, 3.8) is 0 Å². The molecular formula is C15H13F3N2O5S2. The van der Waals surface area contributed by atoms with E-state index in [-0.39, 0.29) is 10.6 Å². The number of nitrogens with zero attached hydrogens (tertiary/aromatic N) is 1. The fourth-order valence-corrected chi connectivity index (χ4v) is 3.39. The summed E-state index contributed by atoms with van der Waals surface area (Å²) in [4.78, 5) is 15.6. The summed E-state index contributed by atoms with van der Waals surface area (Å²) in [5, 5.41) is 28.7. The van der Waals surface area contributed by atoms with Crippen LogP contribution in [0.15, 0.2) is 46.3 Å². The number of benzene rings is 1. The van der Waals surface area contributed by atoms with Crippen LogP contribution in [0.3, 0.4) is 0 Å². The lowest BCUT2D eigenvalue weighted by Gasteiger charge is -2.16. The number of nitrogens with one attached hydrogen (secondary N) is 1. The van der Waals surface area contributed by atoms with Crippen LogP contribution in [0.5, 0.6) is 5.75 Å². The van der Waals surface area contributed by atoms with Gasteiger partial charge in [0.15, 0.2) is 10.8 Å². The molecule has 0 spiro atoms. The molecule has 27 heavy (non-hydrogen) atoms. The summed E-state index contributed by atoms with van der Waals surface area (Å²) < 4.78 is 49.2. The zero-order chi connectivity index (χ0) is 20.4. The highest BCUT2D eigenvalue weighted by Crippen LogP contribution is 2.33. The standard InChI is InChI=1S/C15H13F3N2O5S2/c1-14(23,24)26-11-3-2-6-19-12(11)13(22)20-9-7-8(4-5-10(9)21)27(25)15(16,17)18/h2-7,21,23-24H,1H3,(H,20,22). The number of hydrogen-bond donors (Lipinski definition) is 4. The average Bonchev–Trinajstić information content (AvgIpc) is 2.54. The lowest BCUT2D eigenvalue weighted by molar-refractivity contribution is -0.0589. The summed E-state index contributed by atoms with van der Waals surface area (Å²) in [7, 11) is -3.34. The number of aromatic nitrogens is 1. The third-order valence-electron chi connectivity index (χ3n) is 2.93. The maximum atomic E-state index is 12.6. The molecule has 1 amide bonds. The largest absolute Gasteiger partial charge is 0.506 e. The number of anilines is 1. The second-order valence-corrected chi connectivity index (χ2v) is 8.12. The molecule has 1 unspecified atom stereocenters. The molecule has 2 rings (SSSR count). The van der Waals surface area contributed by atoms with Crippen molar-refractivity contribution in [2.24, 2.45) is 0 Å². The number of pyridine rings is 1. The molecule has 0 saturated carbocycles. The van der Waals surface area contributed by atoms with Gasteiger partial charge in [-0.15, -0.1) is 0 Å². The second-order valence-electron chi connectivity index (χ2n) is 5.23. The molecule has 7 nitrogen and oxygen atoms in total. The first-order valence-corrected chi connectivity index (χ1v) is 9.07. The van der Waals surface area contributed by atoms with Crippen LogP contribution in [0.4, 0.5) is 18.9 Å². The van der Waals surface area contributed by atoms with Gasteiger partial charge in [-0.3, -0.25) is 4.79 Å². The number of carbonyl (C=O) groups is 1. The van der Waals surface area contributed by atoms with Gasteiger partial charge in [-0.05, 0) is 30.3 Å². The summed E-state index contributed by atoms with van der Waals surface area (Å²) in [6, 6.07) is 5.23. The van der Waals surface area contributed by atoms with E-state index in [9.17, 15) is 37.5 Å². The number of phenolic OH excluding ortho intramolecular Hbond substituents is 1. The van der Waals surface area contributed by atoms with Crippen LogP contribution in [-0.4, -0.2) is 41.0 Å². The molecule has 1 atom stereocenters. The molecule has 0 aliphatic heterocycles. The van der Waals surface area contributed by atoms with Gasteiger partial charge in [-0.2, -0.15) is 13.2 Å². The third kappa shape index (κ3) is 5.66. The Bertz CT molecular complexity index is 884. The number of phenols is 1. The smallest absolute Gasteiger partial charge is 0.475 e. The minimum absolute atomic E-state index is 0.0806. The molecule has 4 N–H and O–H groups in total. The number of halogens is 3. The monoisotopic (exact) mass is 422 g/mol. The Morgan fingerprint density at radius 2 is 1.93 bits per heavy atom. The molecule has 0 aliphatic carbocycles. The lowest BCUT2D eigenvalue weighted by Crippen LogP contribution is -2.20. The first-order chi connectivity index (χ1) is 12.4. The van der Waals surface area contributed by atoms with Crippen molar-refractivity contribution in [3.8, 4) is 5.75 Å². The van der Waals surface area contributed by atoms with Gasteiger partial charge in [-0.1, -0.05) is 11.8 Å². The Hall–Kier alpha value is -2.15. The van der Waals surface area contributed by atoms with Gasteiger partial charge in [-0.25, -0.2) is 9.19 Å². The summed E-state index contributed by atoms with van der Waals surface area (Å²) in [6.45, 7) is 1.06. The highest BCUT2D eigenvalue weighted by atomic mass is 32.2. The molecule has 146 valence electrons. The van der Waals surface area contributed by atoms with E-state index in [0.29, 0.717) is 11.8 Å². The number of carbonyl (C=O) groups excluding carboxylic acids is 1. The zero-order valence-electron chi connectivity index (χ0n) is 13.5. The highest BCUT2D eigenvalue weighted by Gasteiger charge is 2.38. The van der Waals surface area contributed by atoms with Gasteiger partial charge in [0.25, 0.3) is 5.91 Å². The fraction of sp³-hybridized carbons (Fsp3) is 0.200. The molecule has 1 aromatic heterocycles. The minimum atomic E-state index is -5.00. The van der Waals surface area contributed by atoms with Crippen LogP contribution in [0.25, 0.3) is 0 Å². The molecule has 1 heterocycles. The van der Waals surface area contributed by atoms with Crippen molar-refractivity contribution < 1.29 is 37.5 Å². The first-order valence-electron chi connectivity index (χ1n) is 7.10. The number of aromatic hydroxyl groups is 1. The topological polar surface area (TPSA) is 120 Å². The maximum absolute atomic E-state index is 12.6. The molecule has 0 radical (unpaired) electrons. The predicted octanol–water partition coefficient (Wildman–Crippen LogP) is 2.42. The van der Waals surface area contributed by atoms with E-state index in [2.05, 4.69) is 10.3 Å². The van der Waals surface area contributed by atoms with E-state index >= 15 is 0 Å². The summed E-state index contributed by atoms with van der Waals surface area (Å²) >= 11 is 0.510. The van der Waals surface area contributed by atoms with Crippen molar-refractivity contribution in [2.75, 3.05) is 5.32 Å². The van der Waals surface area contributed by atoms with Crippen LogP contribution in [0.2, 0.25) is 0 Å². The minimum Gasteiger partial charge on any atom is -0.506 e. The molecule has 0 bridgehead atoms. The molecular weight excluding hydrogens is 409 g/mol. The lowest BCUT2D eigenvalue weighted by atomic mass is 10.2. The molecule has 0 aliphatic rings. The van der Waals surface area contributed by atoms with Crippen LogP contribution in [0.1, 0.15) is 17.4 Å². The number of thioether (sulfide) groups is 1. The molecule has 2 aromatic rings. The third-order valence-corrected chi connectivity index (χ3v) is 4.97. The van der Waals surface area contributed by atoms with Crippen molar-refractivity contribution in [2.45, 2.75) is 27.3 Å². The van der Waals surface area contributed by atoms with Gasteiger partial charge in [0.2, 0.25) is 5.12 Å². The van der Waals surface area contributed by atoms with Crippen molar-refractivity contribution in [3.05, 3.63) is 42.2 Å². The summed E-state index contributed by atoms with van der Waals surface area (Å²) in [5.41, 5.74) is -5.67. The predicted molar refractivity (Wildman–Crippen MR) is 91.5 cm³/mol. The zero-order valence-corrected chi connectivity index (χ0v) is 15.2. The maximum Gasteiger partial charge on any atom is 0.475 e. The molecule has 0 fully saturated rings. The van der Waals surface area contributed by atoms with Crippen LogP contribution in [0, 0.1) is 0 Å². The van der Waals surface area contributed by atoms with Crippen LogP contribution in [-0.2, 0) is 10.8 Å². The fourth-order valence-electron chi connectivity index (χ4n) is 1.90. The SMILES string of the molecule is CC(O)(O)Sc1cccnc1C(=O)Nc1cc(S(=O)C(F)(F)F)ccc1O. The highest BCUT2D eigenvalue weighted by molar-refractivity contribution is 8.00. The van der Waals surface area contributed by atoms with Gasteiger partial charge in [0.05, 0.1) is 10.6 Å². The van der Waals surface area contributed by atoms with Gasteiger partial charge >= 0.3 is 5.51 Å². The number of amides is 1. The second kappa shape index (κ2) is 7.84. The Morgan fingerprint density at radius 1 is 1.26 bits per heavy atom. The normalized spacial score (nSPS) is 13.3. The van der Waals surface area contributed by atoms with Crippen molar-refractivity contribution in [1.82, 2.24) is 4.98 Å². The number of rotatable bonds is 5. The van der Waals surface area contributed by atoms with E-state index in [1.54, 1.807) is 0 Å². The van der Waals surface area contributed by atoms with Crippen LogP contribution < -0.4 is 5.32 Å². The summed E-state index contributed by atoms with van der Waals surface area (Å²) in [6.07, 6.45) is 1.25. The summed E-state index contributed by atoms with van der Waals surface area (Å²) in [5.74, 6) is -1.47. The number of alkyl halides is 3. The van der Waals surface area contributed by atoms with Crippen LogP contribution >= 0.6 is 11.8 Å². The Balaban J connectivity index is 2.33. The first kappa shape index (κ1) is 21.2. The van der Waals surface area contributed by atoms with Gasteiger partial charge < -0.3 is 20.6 Å². The van der Waals surface area contributed by atoms with E-state index in [0.717, 1.165) is 25.1 Å². The molecule has 1 aromatic carbocycles. The number of aliphatic hydroxyl groups is 2. The quantitative estimate of drug-likeness (QED) is 0.332. The Morgan fingerprint density at radius 3 is 2.52 bits per heavy atom. The Labute approximate surface area is 157 Å². The molecule has 12 heteroatoms. The van der Waals surface area contributed by atoms with E-state index in [1.807, 2.05) is 0 Å². The van der Waals surface area contributed by atoms with Gasteiger partial charge in [0.1, 0.15) is 11.4 Å². The average molecular weight is 422 g/mol. The van der Waals surface area contributed by atoms with E-state index in [1.165, 1.54) is 18.3 Å². The number of hydrogen-bond acceptors (Lipinski definition) is 7. The van der Waals surface area contributed by atoms with Crippen molar-refractivity contribution in [1.29, 1.82) is 0 Å².